The van der Waals surface area contributed by atoms with Crippen LogP contribution in [0.5, 0.6) is 0 Å². The lowest BCUT2D eigenvalue weighted by Crippen LogP contribution is -1.92. The molecule has 0 unspecified atom stereocenters. The molecule has 1 aliphatic rings. The molecule has 11 heavy (non-hydrogen) atoms. The quantitative estimate of drug-likeness (QED) is 0.627. The summed E-state index contributed by atoms with van der Waals surface area (Å²) in [7, 11) is 0. The molecule has 0 N–H and O–H groups in total. The molecule has 0 amide bonds. The van der Waals surface area contributed by atoms with E-state index >= 15 is 0 Å². The minimum Gasteiger partial charge on any atom is -0.149 e. The minimum absolute atomic E-state index is 0.647. The first-order chi connectivity index (χ1) is 5.45. The van der Waals surface area contributed by atoms with Gasteiger partial charge in [0, 0.05) is 10.8 Å². The third-order valence-electron chi connectivity index (χ3n) is 1.84. The fraction of sp³-hybridized carbons (Fsp3) is 0.200. The highest BCUT2D eigenvalue weighted by Gasteiger charge is 2.04. The average molecular weight is 162 g/mol. The second-order valence-corrected chi connectivity index (χ2v) is 3.75. The zero-order chi connectivity index (χ0) is 7.52. The smallest absolute Gasteiger partial charge is 0.00542 e. The minimum atomic E-state index is 0.647. The maximum Gasteiger partial charge on any atom is 0.00542 e. The molecule has 0 nitrogen and oxygen atoms in total. The topological polar surface area (TPSA) is 0 Å². The SMILES string of the molecule is C1=CC(Cc2cccs2)C=C1. The van der Waals surface area contributed by atoms with Crippen LogP contribution in [0.25, 0.3) is 0 Å². The second-order valence-electron chi connectivity index (χ2n) is 2.72. The lowest BCUT2D eigenvalue weighted by molar-refractivity contribution is 0.829. The first-order valence-electron chi connectivity index (χ1n) is 3.82. The lowest BCUT2D eigenvalue weighted by Gasteiger charge is -2.00. The van der Waals surface area contributed by atoms with Gasteiger partial charge in [0.15, 0.2) is 0 Å². The summed E-state index contributed by atoms with van der Waals surface area (Å²) in [5, 5.41) is 2.14. The Labute approximate surface area is 70.9 Å². The van der Waals surface area contributed by atoms with Crippen molar-refractivity contribution in [1.82, 2.24) is 0 Å². The Balaban J connectivity index is 2.01. The number of allylic oxidation sites excluding steroid dienone is 4. The van der Waals surface area contributed by atoms with E-state index in [2.05, 4.69) is 41.8 Å². The van der Waals surface area contributed by atoms with Crippen molar-refractivity contribution in [1.29, 1.82) is 0 Å². The molecular formula is C10H10S. The highest BCUT2D eigenvalue weighted by Crippen LogP contribution is 2.18. The van der Waals surface area contributed by atoms with Gasteiger partial charge in [0.25, 0.3) is 0 Å². The van der Waals surface area contributed by atoms with Crippen LogP contribution in [-0.2, 0) is 6.42 Å². The Kier molecular flexibility index (Phi) is 1.91. The first kappa shape index (κ1) is 6.86. The van der Waals surface area contributed by atoms with Crippen LogP contribution >= 0.6 is 11.3 Å². The van der Waals surface area contributed by atoms with Crippen LogP contribution in [0.4, 0.5) is 0 Å². The molecular weight excluding hydrogens is 152 g/mol. The Morgan fingerprint density at radius 2 is 2.09 bits per heavy atom. The lowest BCUT2D eigenvalue weighted by atomic mass is 10.1. The van der Waals surface area contributed by atoms with Gasteiger partial charge in [-0.3, -0.25) is 0 Å². The zero-order valence-corrected chi connectivity index (χ0v) is 7.05. The highest BCUT2D eigenvalue weighted by atomic mass is 32.1. The van der Waals surface area contributed by atoms with Crippen molar-refractivity contribution in [2.45, 2.75) is 6.42 Å². The van der Waals surface area contributed by atoms with Gasteiger partial charge < -0.3 is 0 Å². The van der Waals surface area contributed by atoms with Crippen LogP contribution in [0.15, 0.2) is 41.8 Å². The van der Waals surface area contributed by atoms with E-state index < -0.39 is 0 Å². The largest absolute Gasteiger partial charge is 0.149 e. The summed E-state index contributed by atoms with van der Waals surface area (Å²) >= 11 is 1.84. The van der Waals surface area contributed by atoms with Crippen molar-refractivity contribution in [3.8, 4) is 0 Å². The number of thiophene rings is 1. The summed E-state index contributed by atoms with van der Waals surface area (Å²) in [6.45, 7) is 0. The molecule has 0 radical (unpaired) electrons. The van der Waals surface area contributed by atoms with Crippen molar-refractivity contribution in [3.05, 3.63) is 46.7 Å². The molecule has 0 fully saturated rings. The summed E-state index contributed by atoms with van der Waals surface area (Å²) in [6, 6.07) is 4.31. The van der Waals surface area contributed by atoms with E-state index in [1.54, 1.807) is 0 Å². The van der Waals surface area contributed by atoms with Gasteiger partial charge in [0.05, 0.1) is 0 Å². The van der Waals surface area contributed by atoms with Crippen LogP contribution in [0, 0.1) is 5.92 Å². The normalized spacial score (nSPS) is 16.4. The molecule has 0 atom stereocenters. The summed E-state index contributed by atoms with van der Waals surface area (Å²) < 4.78 is 0. The van der Waals surface area contributed by atoms with Gasteiger partial charge in [0.2, 0.25) is 0 Å². The Bertz CT molecular complexity index is 255. The van der Waals surface area contributed by atoms with E-state index in [1.807, 2.05) is 11.3 Å². The summed E-state index contributed by atoms with van der Waals surface area (Å²) in [6.07, 6.45) is 9.92. The maximum atomic E-state index is 2.25. The van der Waals surface area contributed by atoms with E-state index in [0.29, 0.717) is 5.92 Å². The number of hydrogen-bond donors (Lipinski definition) is 0. The molecule has 1 aliphatic carbocycles. The molecule has 0 aromatic carbocycles. The molecule has 1 aromatic heterocycles. The van der Waals surface area contributed by atoms with Crippen molar-refractivity contribution in [2.24, 2.45) is 5.92 Å². The molecule has 1 heterocycles. The van der Waals surface area contributed by atoms with Crippen molar-refractivity contribution in [3.63, 3.8) is 0 Å². The zero-order valence-electron chi connectivity index (χ0n) is 6.23. The van der Waals surface area contributed by atoms with Gasteiger partial charge in [-0.05, 0) is 17.9 Å². The Hall–Kier alpha value is -0.820. The maximum absolute atomic E-state index is 2.25. The van der Waals surface area contributed by atoms with Gasteiger partial charge in [-0.25, -0.2) is 0 Å². The Morgan fingerprint density at radius 3 is 2.73 bits per heavy atom. The third kappa shape index (κ3) is 1.60. The van der Waals surface area contributed by atoms with Crippen LogP contribution in [0.2, 0.25) is 0 Å². The van der Waals surface area contributed by atoms with Gasteiger partial charge in [-0.15, -0.1) is 11.3 Å². The highest BCUT2D eigenvalue weighted by molar-refractivity contribution is 7.09. The van der Waals surface area contributed by atoms with Crippen LogP contribution in [-0.4, -0.2) is 0 Å². The van der Waals surface area contributed by atoms with Gasteiger partial charge in [0.1, 0.15) is 0 Å². The fourth-order valence-electron chi connectivity index (χ4n) is 1.28. The molecule has 1 heteroatoms. The van der Waals surface area contributed by atoms with E-state index in [-0.39, 0.29) is 0 Å². The number of rotatable bonds is 2. The predicted octanol–water partition coefficient (Wildman–Crippen LogP) is 3.03. The summed E-state index contributed by atoms with van der Waals surface area (Å²) in [5.41, 5.74) is 0. The predicted molar refractivity (Wildman–Crippen MR) is 49.8 cm³/mol. The van der Waals surface area contributed by atoms with E-state index in [1.165, 1.54) is 11.3 Å². The molecule has 0 aliphatic heterocycles. The molecule has 0 spiro atoms. The molecule has 0 saturated carbocycles. The van der Waals surface area contributed by atoms with Crippen molar-refractivity contribution >= 4 is 11.3 Å². The monoisotopic (exact) mass is 162 g/mol. The van der Waals surface area contributed by atoms with E-state index in [0.717, 1.165) is 0 Å². The molecule has 0 bridgehead atoms. The van der Waals surface area contributed by atoms with Crippen LogP contribution in [0.3, 0.4) is 0 Å². The molecule has 1 aromatic rings. The van der Waals surface area contributed by atoms with Crippen LogP contribution < -0.4 is 0 Å². The van der Waals surface area contributed by atoms with Gasteiger partial charge in [-0.1, -0.05) is 30.4 Å². The number of hydrogen-bond acceptors (Lipinski definition) is 1. The van der Waals surface area contributed by atoms with Crippen LogP contribution in [0.1, 0.15) is 4.88 Å². The Morgan fingerprint density at radius 1 is 1.27 bits per heavy atom. The van der Waals surface area contributed by atoms with Gasteiger partial charge >= 0.3 is 0 Å². The summed E-state index contributed by atoms with van der Waals surface area (Å²) in [4.78, 5) is 1.48. The molecule has 0 saturated heterocycles. The van der Waals surface area contributed by atoms with Crippen molar-refractivity contribution < 1.29 is 0 Å². The van der Waals surface area contributed by atoms with Crippen molar-refractivity contribution in [2.75, 3.05) is 0 Å². The molecule has 2 rings (SSSR count). The fourth-order valence-corrected chi connectivity index (χ4v) is 2.05. The average Bonchev–Trinajstić information content (AvgIpc) is 2.60. The standard InChI is InChI=1S/C10H10S/c1-2-5-9(4-1)8-10-6-3-7-11-10/h1-7,9H,8H2. The molecule has 56 valence electrons. The third-order valence-corrected chi connectivity index (χ3v) is 2.74. The second kappa shape index (κ2) is 3.05. The summed E-state index contributed by atoms with van der Waals surface area (Å²) in [5.74, 6) is 0.647. The van der Waals surface area contributed by atoms with E-state index in [9.17, 15) is 0 Å². The first-order valence-corrected chi connectivity index (χ1v) is 4.70. The van der Waals surface area contributed by atoms with Gasteiger partial charge in [-0.2, -0.15) is 0 Å². The van der Waals surface area contributed by atoms with E-state index in [4.69, 9.17) is 0 Å².